The molecule has 1 heterocycles. The van der Waals surface area contributed by atoms with E-state index >= 15 is 0 Å². The summed E-state index contributed by atoms with van der Waals surface area (Å²) in [5.41, 5.74) is 4.04. The molecule has 1 amide bonds. The molecule has 138 valence electrons. The zero-order chi connectivity index (χ0) is 19.4. The lowest BCUT2D eigenvalue weighted by atomic mass is 9.96. The van der Waals surface area contributed by atoms with E-state index in [0.29, 0.717) is 6.42 Å². The molecule has 0 fully saturated rings. The Morgan fingerprint density at radius 1 is 1.04 bits per heavy atom. The summed E-state index contributed by atoms with van der Waals surface area (Å²) in [7, 11) is 0. The highest BCUT2D eigenvalue weighted by molar-refractivity contribution is 6.09. The number of esters is 1. The first-order valence-corrected chi connectivity index (χ1v) is 8.91. The van der Waals surface area contributed by atoms with Crippen LogP contribution in [0.4, 0.5) is 5.69 Å². The molecule has 1 N–H and O–H groups in total. The molecule has 0 saturated carbocycles. The number of para-hydroxylation sites is 1. The summed E-state index contributed by atoms with van der Waals surface area (Å²) in [4.78, 5) is 24.0. The Hall–Kier alpha value is -3.14. The van der Waals surface area contributed by atoms with Gasteiger partial charge < -0.3 is 10.1 Å². The van der Waals surface area contributed by atoms with Crippen molar-refractivity contribution in [1.29, 1.82) is 0 Å². The van der Waals surface area contributed by atoms with Crippen molar-refractivity contribution in [3.05, 3.63) is 76.9 Å². The SMILES string of the molecule is CC(C)(C)OC(=O)/C=C/c1ccc(C=C2Cc3ccccc3NC2=O)cc1. The highest BCUT2D eigenvalue weighted by Gasteiger charge is 2.19. The second-order valence-corrected chi connectivity index (χ2v) is 7.49. The number of rotatable bonds is 3. The first-order chi connectivity index (χ1) is 12.8. The highest BCUT2D eigenvalue weighted by atomic mass is 16.6. The van der Waals surface area contributed by atoms with Crippen LogP contribution >= 0.6 is 0 Å². The van der Waals surface area contributed by atoms with Crippen molar-refractivity contribution in [1.82, 2.24) is 0 Å². The molecule has 0 radical (unpaired) electrons. The summed E-state index contributed by atoms with van der Waals surface area (Å²) in [6.45, 7) is 5.50. The van der Waals surface area contributed by atoms with Crippen LogP contribution in [0.15, 0.2) is 60.2 Å². The van der Waals surface area contributed by atoms with Gasteiger partial charge in [0, 0.05) is 23.8 Å². The Labute approximate surface area is 159 Å². The third-order valence-electron chi connectivity index (χ3n) is 4.03. The summed E-state index contributed by atoms with van der Waals surface area (Å²) in [6, 6.07) is 15.5. The van der Waals surface area contributed by atoms with Gasteiger partial charge in [0.15, 0.2) is 0 Å². The van der Waals surface area contributed by atoms with E-state index in [-0.39, 0.29) is 11.9 Å². The lowest BCUT2D eigenvalue weighted by Gasteiger charge is -2.19. The van der Waals surface area contributed by atoms with Gasteiger partial charge in [0.05, 0.1) is 0 Å². The van der Waals surface area contributed by atoms with E-state index in [4.69, 9.17) is 4.74 Å². The maximum Gasteiger partial charge on any atom is 0.331 e. The van der Waals surface area contributed by atoms with Crippen molar-refractivity contribution in [2.75, 3.05) is 5.32 Å². The number of amides is 1. The monoisotopic (exact) mass is 361 g/mol. The molecule has 0 aromatic heterocycles. The molecule has 0 aliphatic carbocycles. The number of hydrogen-bond donors (Lipinski definition) is 1. The minimum Gasteiger partial charge on any atom is -0.457 e. The number of benzene rings is 2. The number of carbonyl (C=O) groups is 2. The molecule has 4 heteroatoms. The predicted molar refractivity (Wildman–Crippen MR) is 108 cm³/mol. The molecule has 1 aliphatic rings. The molecule has 2 aromatic rings. The Bertz CT molecular complexity index is 915. The average molecular weight is 361 g/mol. The fraction of sp³-hybridized carbons (Fsp3) is 0.217. The van der Waals surface area contributed by atoms with Crippen LogP contribution in [0, 0.1) is 0 Å². The molecule has 27 heavy (non-hydrogen) atoms. The Morgan fingerprint density at radius 3 is 2.41 bits per heavy atom. The molecule has 0 spiro atoms. The maximum atomic E-state index is 12.3. The quantitative estimate of drug-likeness (QED) is 0.641. The standard InChI is InChI=1S/C23H23NO3/c1-23(2,3)27-21(25)13-12-16-8-10-17(11-9-16)14-19-15-18-6-4-5-7-20(18)24-22(19)26/h4-14H,15H2,1-3H3,(H,24,26)/b13-12+,19-14?. The van der Waals surface area contributed by atoms with Gasteiger partial charge in [0.25, 0.3) is 5.91 Å². The van der Waals surface area contributed by atoms with E-state index in [1.54, 1.807) is 6.08 Å². The number of ether oxygens (including phenoxy) is 1. The molecule has 0 atom stereocenters. The molecule has 0 bridgehead atoms. The van der Waals surface area contributed by atoms with Crippen LogP contribution in [0.1, 0.15) is 37.5 Å². The van der Waals surface area contributed by atoms with E-state index in [2.05, 4.69) is 5.32 Å². The molecular weight excluding hydrogens is 338 g/mol. The Morgan fingerprint density at radius 2 is 1.70 bits per heavy atom. The van der Waals surface area contributed by atoms with E-state index in [0.717, 1.165) is 28.0 Å². The first kappa shape index (κ1) is 18.6. The fourth-order valence-electron chi connectivity index (χ4n) is 2.81. The summed E-state index contributed by atoms with van der Waals surface area (Å²) in [6.07, 6.45) is 5.65. The van der Waals surface area contributed by atoms with Gasteiger partial charge in [0.1, 0.15) is 5.60 Å². The second kappa shape index (κ2) is 7.62. The predicted octanol–water partition coefficient (Wildman–Crippen LogP) is 4.62. The Balaban J connectivity index is 1.70. The van der Waals surface area contributed by atoms with Crippen molar-refractivity contribution in [2.45, 2.75) is 32.8 Å². The minimum absolute atomic E-state index is 0.0670. The van der Waals surface area contributed by atoms with Gasteiger partial charge in [-0.25, -0.2) is 4.79 Å². The number of carbonyl (C=O) groups excluding carboxylic acids is 2. The van der Waals surface area contributed by atoms with E-state index in [1.165, 1.54) is 6.08 Å². The molecular formula is C23H23NO3. The lowest BCUT2D eigenvalue weighted by Crippen LogP contribution is -2.22. The number of nitrogens with one attached hydrogen (secondary N) is 1. The number of anilines is 1. The van der Waals surface area contributed by atoms with Gasteiger partial charge in [0.2, 0.25) is 0 Å². The van der Waals surface area contributed by atoms with Crippen LogP contribution in [0.3, 0.4) is 0 Å². The lowest BCUT2D eigenvalue weighted by molar-refractivity contribution is -0.148. The van der Waals surface area contributed by atoms with Crippen molar-refractivity contribution in [3.63, 3.8) is 0 Å². The first-order valence-electron chi connectivity index (χ1n) is 8.91. The van der Waals surface area contributed by atoms with Gasteiger partial charge in [-0.3, -0.25) is 4.79 Å². The van der Waals surface area contributed by atoms with Gasteiger partial charge in [-0.2, -0.15) is 0 Å². The van der Waals surface area contributed by atoms with Crippen LogP contribution in [0.25, 0.3) is 12.2 Å². The van der Waals surface area contributed by atoms with E-state index < -0.39 is 5.60 Å². The number of fused-ring (bicyclic) bond motifs is 1. The van der Waals surface area contributed by atoms with Gasteiger partial charge >= 0.3 is 5.97 Å². The van der Waals surface area contributed by atoms with Gasteiger partial charge in [-0.1, -0.05) is 42.5 Å². The fourth-order valence-corrected chi connectivity index (χ4v) is 2.81. The van der Waals surface area contributed by atoms with Gasteiger partial charge in [-0.05, 0) is 55.7 Å². The van der Waals surface area contributed by atoms with Crippen LogP contribution in [-0.2, 0) is 20.7 Å². The topological polar surface area (TPSA) is 55.4 Å². The van der Waals surface area contributed by atoms with Gasteiger partial charge in [-0.15, -0.1) is 0 Å². The molecule has 0 saturated heterocycles. The zero-order valence-corrected chi connectivity index (χ0v) is 15.8. The highest BCUT2D eigenvalue weighted by Crippen LogP contribution is 2.26. The Kier molecular flexibility index (Phi) is 5.26. The molecule has 4 nitrogen and oxygen atoms in total. The largest absolute Gasteiger partial charge is 0.457 e. The summed E-state index contributed by atoms with van der Waals surface area (Å²) < 4.78 is 5.24. The van der Waals surface area contributed by atoms with Crippen molar-refractivity contribution >= 4 is 29.7 Å². The third-order valence-corrected chi connectivity index (χ3v) is 4.03. The summed E-state index contributed by atoms with van der Waals surface area (Å²) in [5, 5.41) is 2.92. The smallest absolute Gasteiger partial charge is 0.331 e. The van der Waals surface area contributed by atoms with Crippen molar-refractivity contribution in [3.8, 4) is 0 Å². The van der Waals surface area contributed by atoms with E-state index in [1.807, 2.05) is 75.4 Å². The zero-order valence-electron chi connectivity index (χ0n) is 15.8. The maximum absolute atomic E-state index is 12.3. The average Bonchev–Trinajstić information content (AvgIpc) is 2.60. The molecule has 3 rings (SSSR count). The summed E-state index contributed by atoms with van der Waals surface area (Å²) in [5.74, 6) is -0.436. The third kappa shape index (κ3) is 5.17. The molecule has 2 aromatic carbocycles. The van der Waals surface area contributed by atoms with E-state index in [9.17, 15) is 9.59 Å². The molecule has 1 aliphatic heterocycles. The normalized spacial score (nSPS) is 15.5. The minimum atomic E-state index is -0.503. The van der Waals surface area contributed by atoms with Crippen LogP contribution in [0.5, 0.6) is 0 Å². The summed E-state index contributed by atoms with van der Waals surface area (Å²) >= 11 is 0. The molecule has 0 unspecified atom stereocenters. The number of hydrogen-bond acceptors (Lipinski definition) is 3. The van der Waals surface area contributed by atoms with Crippen LogP contribution in [-0.4, -0.2) is 17.5 Å². The van der Waals surface area contributed by atoms with Crippen LogP contribution in [0.2, 0.25) is 0 Å². The second-order valence-electron chi connectivity index (χ2n) is 7.49. The van der Waals surface area contributed by atoms with Crippen molar-refractivity contribution in [2.24, 2.45) is 0 Å². The van der Waals surface area contributed by atoms with Crippen LogP contribution < -0.4 is 5.32 Å². The van der Waals surface area contributed by atoms with Crippen molar-refractivity contribution < 1.29 is 14.3 Å².